The molecule has 0 radical (unpaired) electrons. The standard InChI is InChI=1S/C19H23Cl2N3O2S/c1-11-8-12(2)19(24-6-4-5-7-24)13(3)18(11)23-27(25,26)14-9-15(20)17(22)16(21)10-14/h8-10,23H,4-7,22H2,1-3H3. The first-order chi connectivity index (χ1) is 12.6. The van der Waals surface area contributed by atoms with Crippen molar-refractivity contribution >= 4 is 50.3 Å². The minimum atomic E-state index is -3.87. The molecule has 146 valence electrons. The van der Waals surface area contributed by atoms with Crippen molar-refractivity contribution in [2.75, 3.05) is 28.4 Å². The Morgan fingerprint density at radius 2 is 1.56 bits per heavy atom. The van der Waals surface area contributed by atoms with Crippen molar-refractivity contribution in [1.29, 1.82) is 0 Å². The molecule has 2 aromatic rings. The molecule has 0 saturated carbocycles. The molecule has 0 spiro atoms. The van der Waals surface area contributed by atoms with Crippen LogP contribution in [0.25, 0.3) is 0 Å². The van der Waals surface area contributed by atoms with Gasteiger partial charge in [0.15, 0.2) is 0 Å². The summed E-state index contributed by atoms with van der Waals surface area (Å²) in [6.07, 6.45) is 2.30. The molecule has 1 saturated heterocycles. The number of nitrogens with one attached hydrogen (secondary N) is 1. The second-order valence-electron chi connectivity index (χ2n) is 6.96. The van der Waals surface area contributed by atoms with Crippen LogP contribution >= 0.6 is 23.2 Å². The van der Waals surface area contributed by atoms with Crippen LogP contribution in [0, 0.1) is 20.8 Å². The Balaban J connectivity index is 2.05. The van der Waals surface area contributed by atoms with Crippen LogP contribution in [0.5, 0.6) is 0 Å². The van der Waals surface area contributed by atoms with Crippen LogP contribution < -0.4 is 15.4 Å². The van der Waals surface area contributed by atoms with Gasteiger partial charge >= 0.3 is 0 Å². The van der Waals surface area contributed by atoms with E-state index in [0.717, 1.165) is 48.3 Å². The van der Waals surface area contributed by atoms with E-state index in [9.17, 15) is 8.42 Å². The van der Waals surface area contributed by atoms with E-state index in [1.165, 1.54) is 12.1 Å². The van der Waals surface area contributed by atoms with E-state index in [1.54, 1.807) is 0 Å². The van der Waals surface area contributed by atoms with Crippen molar-refractivity contribution in [3.63, 3.8) is 0 Å². The molecule has 1 aliphatic rings. The highest BCUT2D eigenvalue weighted by Gasteiger charge is 2.23. The number of anilines is 3. The van der Waals surface area contributed by atoms with Gasteiger partial charge in [-0.15, -0.1) is 0 Å². The van der Waals surface area contributed by atoms with Gasteiger partial charge in [-0.05, 0) is 62.4 Å². The maximum Gasteiger partial charge on any atom is 0.262 e. The molecule has 0 amide bonds. The van der Waals surface area contributed by atoms with Crippen LogP contribution in [0.2, 0.25) is 10.0 Å². The third-order valence-electron chi connectivity index (χ3n) is 4.95. The summed E-state index contributed by atoms with van der Waals surface area (Å²) in [7, 11) is -3.87. The third-order valence-corrected chi connectivity index (χ3v) is 6.91. The summed E-state index contributed by atoms with van der Waals surface area (Å²) in [6, 6.07) is 4.64. The van der Waals surface area contributed by atoms with E-state index < -0.39 is 10.0 Å². The number of nitrogens with zero attached hydrogens (tertiary/aromatic N) is 1. The van der Waals surface area contributed by atoms with Crippen LogP contribution in [0.1, 0.15) is 29.5 Å². The van der Waals surface area contributed by atoms with Gasteiger partial charge in [-0.25, -0.2) is 8.42 Å². The molecular weight excluding hydrogens is 405 g/mol. The molecule has 3 N–H and O–H groups in total. The zero-order chi connectivity index (χ0) is 19.9. The number of rotatable bonds is 4. The first-order valence-electron chi connectivity index (χ1n) is 8.75. The van der Waals surface area contributed by atoms with Gasteiger partial charge in [0.1, 0.15) is 0 Å². The molecule has 27 heavy (non-hydrogen) atoms. The molecule has 1 heterocycles. The lowest BCUT2D eigenvalue weighted by Crippen LogP contribution is -2.22. The largest absolute Gasteiger partial charge is 0.396 e. The first kappa shape index (κ1) is 20.1. The topological polar surface area (TPSA) is 75.4 Å². The van der Waals surface area contributed by atoms with Gasteiger partial charge in [-0.1, -0.05) is 29.3 Å². The Hall–Kier alpha value is -1.63. The first-order valence-corrected chi connectivity index (χ1v) is 11.0. The number of halogens is 2. The van der Waals surface area contributed by atoms with Crippen LogP contribution in [0.4, 0.5) is 17.1 Å². The SMILES string of the molecule is Cc1cc(C)c(N2CCCC2)c(C)c1NS(=O)(=O)c1cc(Cl)c(N)c(Cl)c1. The lowest BCUT2D eigenvalue weighted by Gasteiger charge is -2.26. The lowest BCUT2D eigenvalue weighted by molar-refractivity contribution is 0.601. The Morgan fingerprint density at radius 1 is 1.00 bits per heavy atom. The maximum absolute atomic E-state index is 13.0. The molecule has 5 nitrogen and oxygen atoms in total. The summed E-state index contributed by atoms with van der Waals surface area (Å²) in [5, 5.41) is 0.218. The van der Waals surface area contributed by atoms with Gasteiger partial charge < -0.3 is 10.6 Å². The average Bonchev–Trinajstić information content (AvgIpc) is 3.10. The summed E-state index contributed by atoms with van der Waals surface area (Å²) in [5.74, 6) is 0. The zero-order valence-electron chi connectivity index (χ0n) is 15.6. The Morgan fingerprint density at radius 3 is 2.11 bits per heavy atom. The third kappa shape index (κ3) is 3.84. The highest BCUT2D eigenvalue weighted by molar-refractivity contribution is 7.92. The molecule has 3 rings (SSSR count). The monoisotopic (exact) mass is 427 g/mol. The molecule has 0 unspecified atom stereocenters. The minimum absolute atomic E-state index is 0.0196. The average molecular weight is 428 g/mol. The van der Waals surface area contributed by atoms with E-state index in [4.69, 9.17) is 28.9 Å². The van der Waals surface area contributed by atoms with Gasteiger partial charge in [0.05, 0.1) is 26.3 Å². The highest BCUT2D eigenvalue weighted by Crippen LogP contribution is 2.37. The lowest BCUT2D eigenvalue weighted by atomic mass is 10.0. The highest BCUT2D eigenvalue weighted by atomic mass is 35.5. The predicted molar refractivity (Wildman–Crippen MR) is 114 cm³/mol. The van der Waals surface area contributed by atoms with E-state index in [1.807, 2.05) is 19.9 Å². The second kappa shape index (κ2) is 7.41. The fourth-order valence-corrected chi connectivity index (χ4v) is 5.53. The van der Waals surface area contributed by atoms with E-state index in [2.05, 4.69) is 16.5 Å². The molecule has 0 aromatic heterocycles. The molecule has 1 fully saturated rings. The summed E-state index contributed by atoms with van der Waals surface area (Å²) < 4.78 is 28.6. The molecular formula is C19H23Cl2N3O2S. The number of hydrogen-bond acceptors (Lipinski definition) is 4. The molecule has 0 bridgehead atoms. The van der Waals surface area contributed by atoms with Gasteiger partial charge in [-0.3, -0.25) is 4.72 Å². The quantitative estimate of drug-likeness (QED) is 0.680. The number of nitrogen functional groups attached to an aromatic ring is 1. The van der Waals surface area contributed by atoms with E-state index >= 15 is 0 Å². The Bertz CT molecular complexity index is 977. The van der Waals surface area contributed by atoms with E-state index in [0.29, 0.717) is 5.69 Å². The maximum atomic E-state index is 13.0. The van der Waals surface area contributed by atoms with Crippen molar-refractivity contribution in [3.05, 3.63) is 44.9 Å². The molecule has 2 aromatic carbocycles. The van der Waals surface area contributed by atoms with Crippen molar-refractivity contribution < 1.29 is 8.42 Å². The summed E-state index contributed by atoms with van der Waals surface area (Å²) in [6.45, 7) is 7.88. The van der Waals surface area contributed by atoms with Crippen molar-refractivity contribution in [2.45, 2.75) is 38.5 Å². The second-order valence-corrected chi connectivity index (χ2v) is 9.46. The molecule has 0 aliphatic carbocycles. The van der Waals surface area contributed by atoms with Crippen LogP contribution in [-0.4, -0.2) is 21.5 Å². The number of aryl methyl sites for hydroxylation is 2. The summed E-state index contributed by atoms with van der Waals surface area (Å²) in [5.41, 5.74) is 10.5. The molecule has 1 aliphatic heterocycles. The van der Waals surface area contributed by atoms with Crippen molar-refractivity contribution in [2.24, 2.45) is 0 Å². The predicted octanol–water partition coefficient (Wildman–Crippen LogP) is 4.90. The van der Waals surface area contributed by atoms with Crippen molar-refractivity contribution in [1.82, 2.24) is 0 Å². The fraction of sp³-hybridized carbons (Fsp3) is 0.368. The number of sulfonamides is 1. The van der Waals surface area contributed by atoms with E-state index in [-0.39, 0.29) is 20.6 Å². The smallest absolute Gasteiger partial charge is 0.262 e. The van der Waals surface area contributed by atoms with Crippen LogP contribution in [0.15, 0.2) is 23.1 Å². The number of benzene rings is 2. The van der Waals surface area contributed by atoms with Gasteiger partial charge in [0.2, 0.25) is 0 Å². The number of hydrogen-bond donors (Lipinski definition) is 2. The van der Waals surface area contributed by atoms with Crippen LogP contribution in [-0.2, 0) is 10.0 Å². The Kier molecular flexibility index (Phi) is 5.52. The van der Waals surface area contributed by atoms with Gasteiger partial charge in [0.25, 0.3) is 10.0 Å². The number of nitrogens with two attached hydrogens (primary N) is 1. The van der Waals surface area contributed by atoms with Gasteiger partial charge in [-0.2, -0.15) is 0 Å². The molecule has 8 heteroatoms. The molecule has 0 atom stereocenters. The van der Waals surface area contributed by atoms with Crippen molar-refractivity contribution in [3.8, 4) is 0 Å². The summed E-state index contributed by atoms with van der Waals surface area (Å²) >= 11 is 12.0. The normalized spacial score (nSPS) is 14.6. The van der Waals surface area contributed by atoms with Crippen LogP contribution in [0.3, 0.4) is 0 Å². The minimum Gasteiger partial charge on any atom is -0.396 e. The zero-order valence-corrected chi connectivity index (χ0v) is 17.9. The summed E-state index contributed by atoms with van der Waals surface area (Å²) in [4.78, 5) is 2.30. The fourth-order valence-electron chi connectivity index (χ4n) is 3.67. The Labute approximate surface area is 170 Å². The van der Waals surface area contributed by atoms with Gasteiger partial charge in [0, 0.05) is 18.8 Å².